The van der Waals surface area contributed by atoms with Gasteiger partial charge in [0.25, 0.3) is 0 Å². The third kappa shape index (κ3) is 4.55. The van der Waals surface area contributed by atoms with Crippen molar-refractivity contribution < 1.29 is 23.0 Å². The van der Waals surface area contributed by atoms with Crippen LogP contribution in [0.5, 0.6) is 5.75 Å². The molecule has 0 bridgehead atoms. The van der Waals surface area contributed by atoms with Gasteiger partial charge in [0.05, 0.1) is 12.6 Å². The van der Waals surface area contributed by atoms with Crippen molar-refractivity contribution in [3.63, 3.8) is 0 Å². The van der Waals surface area contributed by atoms with Gasteiger partial charge >= 0.3 is 6.61 Å². The first-order valence-electron chi connectivity index (χ1n) is 6.51. The summed E-state index contributed by atoms with van der Waals surface area (Å²) < 4.78 is 33.7. The summed E-state index contributed by atoms with van der Waals surface area (Å²) in [6, 6.07) is 11.0. The molecule has 22 heavy (non-hydrogen) atoms. The monoisotopic (exact) mass is 308 g/mol. The number of aliphatic hydroxyl groups excluding tert-OH is 1. The molecule has 0 amide bonds. The van der Waals surface area contributed by atoms with E-state index in [9.17, 15) is 13.9 Å². The summed E-state index contributed by atoms with van der Waals surface area (Å²) in [5.41, 5.74) is 0.461. The van der Waals surface area contributed by atoms with E-state index < -0.39 is 12.7 Å². The number of furan rings is 1. The molecular weight excluding hydrogens is 294 g/mol. The van der Waals surface area contributed by atoms with Crippen LogP contribution in [0, 0.1) is 11.3 Å². The Morgan fingerprint density at radius 1 is 1.32 bits per heavy atom. The lowest BCUT2D eigenvalue weighted by atomic mass is 10.1. The van der Waals surface area contributed by atoms with Crippen molar-refractivity contribution in [2.45, 2.75) is 19.3 Å². The highest BCUT2D eigenvalue weighted by Gasteiger charge is 2.11. The zero-order valence-electron chi connectivity index (χ0n) is 11.5. The molecule has 1 aromatic heterocycles. The SMILES string of the molecule is N#Cc1ccc(CNCC(O)c2cccc(OC(F)F)c2)o1. The second-order valence-corrected chi connectivity index (χ2v) is 4.48. The predicted octanol–water partition coefficient (Wildman–Crippen LogP) is 2.58. The highest BCUT2D eigenvalue weighted by atomic mass is 19.3. The summed E-state index contributed by atoms with van der Waals surface area (Å²) >= 11 is 0. The predicted molar refractivity (Wildman–Crippen MR) is 73.2 cm³/mol. The molecule has 0 saturated heterocycles. The van der Waals surface area contributed by atoms with Crippen molar-refractivity contribution in [2.75, 3.05) is 6.54 Å². The van der Waals surface area contributed by atoms with E-state index in [2.05, 4.69) is 10.1 Å². The van der Waals surface area contributed by atoms with Gasteiger partial charge in [-0.05, 0) is 29.8 Å². The molecule has 116 valence electrons. The van der Waals surface area contributed by atoms with Crippen LogP contribution < -0.4 is 10.1 Å². The van der Waals surface area contributed by atoms with Crippen LogP contribution >= 0.6 is 0 Å². The van der Waals surface area contributed by atoms with E-state index in [4.69, 9.17) is 9.68 Å². The number of nitriles is 1. The molecule has 7 heteroatoms. The van der Waals surface area contributed by atoms with Crippen LogP contribution in [0.4, 0.5) is 8.78 Å². The number of ether oxygens (including phenoxy) is 1. The number of hydrogen-bond acceptors (Lipinski definition) is 5. The van der Waals surface area contributed by atoms with Crippen LogP contribution in [0.15, 0.2) is 40.8 Å². The van der Waals surface area contributed by atoms with E-state index in [1.54, 1.807) is 18.2 Å². The number of alkyl halides is 2. The minimum atomic E-state index is -2.90. The first-order valence-corrected chi connectivity index (χ1v) is 6.51. The summed E-state index contributed by atoms with van der Waals surface area (Å²) in [6.45, 7) is -2.37. The number of nitrogens with one attached hydrogen (secondary N) is 1. The molecule has 0 aliphatic heterocycles. The van der Waals surface area contributed by atoms with Crippen LogP contribution in [0.1, 0.15) is 23.2 Å². The molecule has 2 aromatic rings. The molecule has 1 unspecified atom stereocenters. The van der Waals surface area contributed by atoms with Crippen LogP contribution in [0.25, 0.3) is 0 Å². The highest BCUT2D eigenvalue weighted by molar-refractivity contribution is 5.30. The number of benzene rings is 1. The van der Waals surface area contributed by atoms with Crippen molar-refractivity contribution in [3.05, 3.63) is 53.5 Å². The average Bonchev–Trinajstić information content (AvgIpc) is 2.94. The molecular formula is C15H14F2N2O3. The van der Waals surface area contributed by atoms with Gasteiger partial charge in [-0.1, -0.05) is 12.1 Å². The fourth-order valence-electron chi connectivity index (χ4n) is 1.88. The molecule has 1 atom stereocenters. The van der Waals surface area contributed by atoms with Crippen molar-refractivity contribution in [1.82, 2.24) is 5.32 Å². The van der Waals surface area contributed by atoms with Gasteiger partial charge in [-0.3, -0.25) is 0 Å². The van der Waals surface area contributed by atoms with Crippen molar-refractivity contribution in [3.8, 4) is 11.8 Å². The fourth-order valence-corrected chi connectivity index (χ4v) is 1.88. The zero-order valence-corrected chi connectivity index (χ0v) is 11.5. The van der Waals surface area contributed by atoms with Gasteiger partial charge in [-0.2, -0.15) is 14.0 Å². The van der Waals surface area contributed by atoms with Gasteiger partial charge < -0.3 is 19.6 Å². The molecule has 2 rings (SSSR count). The molecule has 1 aromatic carbocycles. The van der Waals surface area contributed by atoms with E-state index in [1.165, 1.54) is 18.2 Å². The Morgan fingerprint density at radius 2 is 2.14 bits per heavy atom. The van der Waals surface area contributed by atoms with Crippen LogP contribution in [0.3, 0.4) is 0 Å². The Hall–Kier alpha value is -2.43. The van der Waals surface area contributed by atoms with Crippen LogP contribution in [-0.4, -0.2) is 18.3 Å². The summed E-state index contributed by atoms with van der Waals surface area (Å²) in [7, 11) is 0. The van der Waals surface area contributed by atoms with E-state index in [0.29, 0.717) is 17.9 Å². The fraction of sp³-hybridized carbons (Fsp3) is 0.267. The lowest BCUT2D eigenvalue weighted by Crippen LogP contribution is -2.20. The maximum absolute atomic E-state index is 12.1. The van der Waals surface area contributed by atoms with E-state index in [0.717, 1.165) is 0 Å². The lowest BCUT2D eigenvalue weighted by Gasteiger charge is -2.13. The first-order chi connectivity index (χ1) is 10.6. The van der Waals surface area contributed by atoms with Gasteiger partial charge in [0, 0.05) is 6.54 Å². The van der Waals surface area contributed by atoms with Crippen LogP contribution in [-0.2, 0) is 6.54 Å². The van der Waals surface area contributed by atoms with Crippen molar-refractivity contribution in [2.24, 2.45) is 0 Å². The van der Waals surface area contributed by atoms with Gasteiger partial charge in [0.2, 0.25) is 5.76 Å². The third-order valence-electron chi connectivity index (χ3n) is 2.88. The second kappa shape index (κ2) is 7.54. The first kappa shape index (κ1) is 15.9. The topological polar surface area (TPSA) is 78.4 Å². The number of aliphatic hydroxyl groups is 1. The summed E-state index contributed by atoms with van der Waals surface area (Å²) in [4.78, 5) is 0. The number of nitrogens with zero attached hydrogens (tertiary/aromatic N) is 1. The molecule has 0 aliphatic rings. The maximum atomic E-state index is 12.1. The number of hydrogen-bond donors (Lipinski definition) is 2. The smallest absolute Gasteiger partial charge is 0.387 e. The molecule has 2 N–H and O–H groups in total. The van der Waals surface area contributed by atoms with E-state index in [-0.39, 0.29) is 18.1 Å². The minimum absolute atomic E-state index is 0.00348. The van der Waals surface area contributed by atoms with Crippen LogP contribution in [0.2, 0.25) is 0 Å². The Bertz CT molecular complexity index is 652. The summed E-state index contributed by atoms with van der Waals surface area (Å²) in [5, 5.41) is 21.6. The normalized spacial score (nSPS) is 12.1. The minimum Gasteiger partial charge on any atom is -0.449 e. The molecule has 0 aliphatic carbocycles. The van der Waals surface area contributed by atoms with E-state index >= 15 is 0 Å². The quantitative estimate of drug-likeness (QED) is 0.822. The number of rotatable bonds is 7. The van der Waals surface area contributed by atoms with Gasteiger partial charge in [0.1, 0.15) is 17.6 Å². The Kier molecular flexibility index (Phi) is 5.47. The summed E-state index contributed by atoms with van der Waals surface area (Å²) in [5.74, 6) is 0.781. The lowest BCUT2D eigenvalue weighted by molar-refractivity contribution is -0.0499. The zero-order chi connectivity index (χ0) is 15.9. The molecule has 0 saturated carbocycles. The van der Waals surface area contributed by atoms with Crippen molar-refractivity contribution in [1.29, 1.82) is 5.26 Å². The Morgan fingerprint density at radius 3 is 2.82 bits per heavy atom. The average molecular weight is 308 g/mol. The standard InChI is InChI=1S/C15H14F2N2O3/c16-15(17)22-11-3-1-2-10(6-11)14(20)9-19-8-13-5-4-12(7-18)21-13/h1-6,14-15,19-20H,8-9H2. The van der Waals surface area contributed by atoms with Crippen molar-refractivity contribution >= 4 is 0 Å². The maximum Gasteiger partial charge on any atom is 0.387 e. The largest absolute Gasteiger partial charge is 0.449 e. The molecule has 1 heterocycles. The van der Waals surface area contributed by atoms with Gasteiger partial charge in [-0.25, -0.2) is 0 Å². The second-order valence-electron chi connectivity index (χ2n) is 4.48. The molecule has 5 nitrogen and oxygen atoms in total. The molecule has 0 fully saturated rings. The molecule has 0 radical (unpaired) electrons. The Labute approximate surface area is 125 Å². The molecule has 0 spiro atoms. The van der Waals surface area contributed by atoms with Gasteiger partial charge in [0.15, 0.2) is 0 Å². The third-order valence-corrected chi connectivity index (χ3v) is 2.88. The van der Waals surface area contributed by atoms with Gasteiger partial charge in [-0.15, -0.1) is 0 Å². The van der Waals surface area contributed by atoms with E-state index in [1.807, 2.05) is 6.07 Å². The Balaban J connectivity index is 1.86. The highest BCUT2D eigenvalue weighted by Crippen LogP contribution is 2.20. The number of halogens is 2. The summed E-state index contributed by atoms with van der Waals surface area (Å²) in [6.07, 6.45) is -0.883.